The zero-order chi connectivity index (χ0) is 17.5. The molecule has 3 rings (SSSR count). The summed E-state index contributed by atoms with van der Waals surface area (Å²) in [6.07, 6.45) is 5.14. The van der Waals surface area contributed by atoms with E-state index in [1.54, 1.807) is 18.7 Å². The minimum Gasteiger partial charge on any atom is -0.496 e. The van der Waals surface area contributed by atoms with Crippen LogP contribution < -0.4 is 4.74 Å². The molecule has 0 N–H and O–H groups in total. The molecule has 0 radical (unpaired) electrons. The fourth-order valence-corrected chi connectivity index (χ4v) is 3.19. The Kier molecular flexibility index (Phi) is 5.74. The number of nitrogens with zero attached hydrogens (tertiary/aromatic N) is 2. The lowest BCUT2D eigenvalue weighted by molar-refractivity contribution is 0.0494. The number of rotatable bonds is 7. The SMILES string of the molecule is COc1ccccc1-c1nc(C(=O)OCCCc2cccnc2)cs1. The van der Waals surface area contributed by atoms with Crippen LogP contribution in [-0.4, -0.2) is 29.7 Å². The molecule has 6 heteroatoms. The van der Waals surface area contributed by atoms with E-state index in [1.807, 2.05) is 42.6 Å². The minimum absolute atomic E-state index is 0.326. The summed E-state index contributed by atoms with van der Waals surface area (Å²) in [5.41, 5.74) is 2.32. The summed E-state index contributed by atoms with van der Waals surface area (Å²) in [6, 6.07) is 11.5. The van der Waals surface area contributed by atoms with Gasteiger partial charge in [0, 0.05) is 17.8 Å². The molecular formula is C19H18N2O3S. The second-order valence-electron chi connectivity index (χ2n) is 5.34. The van der Waals surface area contributed by atoms with E-state index in [2.05, 4.69) is 9.97 Å². The molecule has 0 aliphatic carbocycles. The van der Waals surface area contributed by atoms with Crippen molar-refractivity contribution in [3.63, 3.8) is 0 Å². The number of aryl methyl sites for hydroxylation is 1. The zero-order valence-electron chi connectivity index (χ0n) is 13.8. The number of ether oxygens (including phenoxy) is 2. The average Bonchev–Trinajstić information content (AvgIpc) is 3.16. The van der Waals surface area contributed by atoms with E-state index >= 15 is 0 Å². The monoisotopic (exact) mass is 354 g/mol. The van der Waals surface area contributed by atoms with Gasteiger partial charge in [0.1, 0.15) is 10.8 Å². The maximum Gasteiger partial charge on any atom is 0.357 e. The van der Waals surface area contributed by atoms with Crippen LogP contribution in [0.1, 0.15) is 22.5 Å². The molecule has 25 heavy (non-hydrogen) atoms. The van der Waals surface area contributed by atoms with Gasteiger partial charge in [0.2, 0.25) is 0 Å². The van der Waals surface area contributed by atoms with Crippen molar-refractivity contribution in [1.82, 2.24) is 9.97 Å². The van der Waals surface area contributed by atoms with Crippen LogP contribution in [0.15, 0.2) is 54.2 Å². The number of aromatic nitrogens is 2. The Morgan fingerprint density at radius 2 is 2.08 bits per heavy atom. The molecule has 0 amide bonds. The number of esters is 1. The lowest BCUT2D eigenvalue weighted by Crippen LogP contribution is -2.07. The highest BCUT2D eigenvalue weighted by Gasteiger charge is 2.15. The fraction of sp³-hybridized carbons (Fsp3) is 0.211. The van der Waals surface area contributed by atoms with Crippen LogP contribution in [0.3, 0.4) is 0 Å². The summed E-state index contributed by atoms with van der Waals surface area (Å²) >= 11 is 1.40. The number of hydrogen-bond acceptors (Lipinski definition) is 6. The second kappa shape index (κ2) is 8.39. The fourth-order valence-electron chi connectivity index (χ4n) is 2.37. The Morgan fingerprint density at radius 1 is 1.20 bits per heavy atom. The molecule has 2 heterocycles. The first-order valence-electron chi connectivity index (χ1n) is 7.93. The van der Waals surface area contributed by atoms with E-state index in [0.29, 0.717) is 12.3 Å². The molecular weight excluding hydrogens is 336 g/mol. The lowest BCUT2D eigenvalue weighted by atomic mass is 10.2. The van der Waals surface area contributed by atoms with Crippen molar-refractivity contribution in [2.75, 3.05) is 13.7 Å². The first-order chi connectivity index (χ1) is 12.3. The Hall–Kier alpha value is -2.73. The van der Waals surface area contributed by atoms with Gasteiger partial charge in [-0.25, -0.2) is 9.78 Å². The summed E-state index contributed by atoms with van der Waals surface area (Å²) in [4.78, 5) is 20.6. The van der Waals surface area contributed by atoms with Gasteiger partial charge < -0.3 is 9.47 Å². The van der Waals surface area contributed by atoms with Crippen molar-refractivity contribution in [1.29, 1.82) is 0 Å². The molecule has 0 saturated heterocycles. The first-order valence-corrected chi connectivity index (χ1v) is 8.81. The van der Waals surface area contributed by atoms with E-state index in [4.69, 9.17) is 9.47 Å². The highest BCUT2D eigenvalue weighted by Crippen LogP contribution is 2.31. The van der Waals surface area contributed by atoms with E-state index < -0.39 is 5.97 Å². The predicted molar refractivity (Wildman–Crippen MR) is 96.9 cm³/mol. The largest absolute Gasteiger partial charge is 0.496 e. The molecule has 0 atom stereocenters. The van der Waals surface area contributed by atoms with Gasteiger partial charge in [0.15, 0.2) is 5.69 Å². The van der Waals surface area contributed by atoms with Crippen molar-refractivity contribution in [2.45, 2.75) is 12.8 Å². The summed E-state index contributed by atoms with van der Waals surface area (Å²) in [5, 5.41) is 2.45. The number of methoxy groups -OCH3 is 1. The summed E-state index contributed by atoms with van der Waals surface area (Å²) in [6.45, 7) is 0.356. The first kappa shape index (κ1) is 17.1. The van der Waals surface area contributed by atoms with Gasteiger partial charge in [-0.1, -0.05) is 18.2 Å². The third-order valence-electron chi connectivity index (χ3n) is 3.62. The van der Waals surface area contributed by atoms with Crippen molar-refractivity contribution < 1.29 is 14.3 Å². The van der Waals surface area contributed by atoms with Crippen LogP contribution in [-0.2, 0) is 11.2 Å². The standard InChI is InChI=1S/C19H18N2O3S/c1-23-17-9-3-2-8-15(17)18-21-16(13-25-18)19(22)24-11-5-7-14-6-4-10-20-12-14/h2-4,6,8-10,12-13H,5,7,11H2,1H3. The number of carbonyl (C=O) groups is 1. The Labute approximate surface area is 150 Å². The molecule has 1 aromatic carbocycles. The van der Waals surface area contributed by atoms with Crippen LogP contribution in [0, 0.1) is 0 Å². The Bertz CT molecular complexity index is 833. The maximum atomic E-state index is 12.1. The maximum absolute atomic E-state index is 12.1. The molecule has 2 aromatic heterocycles. The molecule has 0 spiro atoms. The molecule has 3 aromatic rings. The van der Waals surface area contributed by atoms with Gasteiger partial charge >= 0.3 is 5.97 Å². The third kappa shape index (κ3) is 4.42. The van der Waals surface area contributed by atoms with Gasteiger partial charge in [-0.2, -0.15) is 0 Å². The topological polar surface area (TPSA) is 61.3 Å². The van der Waals surface area contributed by atoms with Crippen molar-refractivity contribution in [3.8, 4) is 16.3 Å². The van der Waals surface area contributed by atoms with Crippen LogP contribution in [0.4, 0.5) is 0 Å². The molecule has 0 aliphatic heterocycles. The van der Waals surface area contributed by atoms with Crippen LogP contribution in [0.25, 0.3) is 10.6 Å². The molecule has 128 valence electrons. The summed E-state index contributed by atoms with van der Waals surface area (Å²) < 4.78 is 10.6. The number of pyridine rings is 1. The third-order valence-corrected chi connectivity index (χ3v) is 4.49. The van der Waals surface area contributed by atoms with Gasteiger partial charge in [0.05, 0.1) is 19.3 Å². The normalized spacial score (nSPS) is 10.4. The smallest absolute Gasteiger partial charge is 0.357 e. The number of hydrogen-bond donors (Lipinski definition) is 0. The average molecular weight is 354 g/mol. The van der Waals surface area contributed by atoms with Crippen molar-refractivity contribution in [3.05, 3.63) is 65.4 Å². The number of para-hydroxylation sites is 1. The van der Waals surface area contributed by atoms with E-state index in [0.717, 1.165) is 34.7 Å². The zero-order valence-corrected chi connectivity index (χ0v) is 14.7. The van der Waals surface area contributed by atoms with Gasteiger partial charge in [0.25, 0.3) is 0 Å². The van der Waals surface area contributed by atoms with Gasteiger partial charge in [-0.3, -0.25) is 4.98 Å². The highest BCUT2D eigenvalue weighted by molar-refractivity contribution is 7.13. The van der Waals surface area contributed by atoms with Crippen molar-refractivity contribution >= 4 is 17.3 Å². The Morgan fingerprint density at radius 3 is 2.88 bits per heavy atom. The molecule has 0 unspecified atom stereocenters. The van der Waals surface area contributed by atoms with Crippen LogP contribution in [0.2, 0.25) is 0 Å². The number of carbonyl (C=O) groups excluding carboxylic acids is 1. The number of benzene rings is 1. The highest BCUT2D eigenvalue weighted by atomic mass is 32.1. The Balaban J connectivity index is 1.56. The number of thiazole rings is 1. The lowest BCUT2D eigenvalue weighted by Gasteiger charge is -2.05. The van der Waals surface area contributed by atoms with Gasteiger partial charge in [-0.15, -0.1) is 11.3 Å². The van der Waals surface area contributed by atoms with E-state index in [9.17, 15) is 4.79 Å². The second-order valence-corrected chi connectivity index (χ2v) is 6.20. The van der Waals surface area contributed by atoms with Crippen molar-refractivity contribution in [2.24, 2.45) is 0 Å². The van der Waals surface area contributed by atoms with E-state index in [-0.39, 0.29) is 0 Å². The van der Waals surface area contributed by atoms with Gasteiger partial charge in [-0.05, 0) is 36.6 Å². The molecule has 0 saturated carbocycles. The molecule has 0 fully saturated rings. The van der Waals surface area contributed by atoms with E-state index in [1.165, 1.54) is 11.3 Å². The quantitative estimate of drug-likeness (QED) is 0.474. The minimum atomic E-state index is -0.399. The van der Waals surface area contributed by atoms with Crippen LogP contribution >= 0.6 is 11.3 Å². The molecule has 5 nitrogen and oxygen atoms in total. The summed E-state index contributed by atoms with van der Waals surface area (Å²) in [5.74, 6) is 0.330. The molecule has 0 aliphatic rings. The summed E-state index contributed by atoms with van der Waals surface area (Å²) in [7, 11) is 1.61. The predicted octanol–water partition coefficient (Wildman–Crippen LogP) is 4.00. The van der Waals surface area contributed by atoms with Crippen LogP contribution in [0.5, 0.6) is 5.75 Å². The molecule has 0 bridgehead atoms.